The molecule has 6 nitrogen and oxygen atoms in total. The van der Waals surface area contributed by atoms with Gasteiger partial charge in [0.05, 0.1) is 4.92 Å². The van der Waals surface area contributed by atoms with Gasteiger partial charge in [-0.05, 0) is 25.5 Å². The van der Waals surface area contributed by atoms with Crippen LogP contribution < -0.4 is 5.32 Å². The first-order chi connectivity index (χ1) is 9.63. The molecule has 0 unspecified atom stereocenters. The molecule has 1 aromatic carbocycles. The number of nitro groups is 1. The summed E-state index contributed by atoms with van der Waals surface area (Å²) in [6.45, 7) is 4.80. The van der Waals surface area contributed by atoms with Gasteiger partial charge in [-0.2, -0.15) is 0 Å². The number of nitro benzene ring substituents is 1. The van der Waals surface area contributed by atoms with Crippen LogP contribution in [0.2, 0.25) is 0 Å². The van der Waals surface area contributed by atoms with Crippen molar-refractivity contribution in [3.05, 3.63) is 46.1 Å². The fraction of sp³-hybridized carbons (Fsp3) is 0.286. The Morgan fingerprint density at radius 3 is 2.45 bits per heavy atom. The average molecular weight is 272 g/mol. The third kappa shape index (κ3) is 3.09. The van der Waals surface area contributed by atoms with Crippen molar-refractivity contribution in [2.45, 2.75) is 20.3 Å². The van der Waals surface area contributed by atoms with Crippen LogP contribution >= 0.6 is 0 Å². The Kier molecular flexibility index (Phi) is 4.24. The van der Waals surface area contributed by atoms with Crippen molar-refractivity contribution in [1.82, 2.24) is 9.97 Å². The van der Waals surface area contributed by atoms with E-state index in [1.165, 1.54) is 12.1 Å². The number of aromatic nitrogens is 2. The zero-order chi connectivity index (χ0) is 14.5. The molecule has 0 amide bonds. The zero-order valence-corrected chi connectivity index (χ0v) is 11.5. The molecule has 0 atom stereocenters. The maximum absolute atomic E-state index is 10.7. The van der Waals surface area contributed by atoms with Gasteiger partial charge in [0, 0.05) is 36.0 Å². The van der Waals surface area contributed by atoms with Gasteiger partial charge in [-0.1, -0.05) is 6.92 Å². The molecular weight excluding hydrogens is 256 g/mol. The summed E-state index contributed by atoms with van der Waals surface area (Å²) in [4.78, 5) is 19.1. The molecule has 0 aliphatic heterocycles. The summed E-state index contributed by atoms with van der Waals surface area (Å²) in [6.07, 6.45) is 0.806. The van der Waals surface area contributed by atoms with Crippen molar-refractivity contribution in [2.24, 2.45) is 0 Å². The maximum atomic E-state index is 10.7. The summed E-state index contributed by atoms with van der Waals surface area (Å²) < 4.78 is 0. The fourth-order valence-corrected chi connectivity index (χ4v) is 1.81. The molecule has 0 saturated carbocycles. The number of aryl methyl sites for hydroxylation is 1. The number of nitrogens with one attached hydrogen (secondary N) is 1. The second-order valence-corrected chi connectivity index (χ2v) is 4.26. The van der Waals surface area contributed by atoms with E-state index < -0.39 is 4.92 Å². The van der Waals surface area contributed by atoms with E-state index in [-0.39, 0.29) is 5.69 Å². The van der Waals surface area contributed by atoms with Crippen LogP contribution in [0.4, 0.5) is 11.5 Å². The van der Waals surface area contributed by atoms with Crippen LogP contribution in [0.3, 0.4) is 0 Å². The number of benzene rings is 1. The minimum absolute atomic E-state index is 0.0623. The van der Waals surface area contributed by atoms with Gasteiger partial charge in [0.15, 0.2) is 5.82 Å². The van der Waals surface area contributed by atoms with Crippen LogP contribution in [0.5, 0.6) is 0 Å². The highest BCUT2D eigenvalue weighted by Crippen LogP contribution is 2.21. The standard InChI is InChI=1S/C14H16N4O2/c1-3-11-9-13(15-4-2)17-14(16-11)10-5-7-12(8-6-10)18(19)20/h5-9H,3-4H2,1-2H3,(H,15,16,17). The zero-order valence-electron chi connectivity index (χ0n) is 11.5. The molecule has 6 heteroatoms. The molecule has 0 fully saturated rings. The van der Waals surface area contributed by atoms with E-state index >= 15 is 0 Å². The van der Waals surface area contributed by atoms with Crippen molar-refractivity contribution < 1.29 is 4.92 Å². The van der Waals surface area contributed by atoms with Gasteiger partial charge in [-0.15, -0.1) is 0 Å². The SMILES string of the molecule is CCNc1cc(CC)nc(-c2ccc([N+](=O)[O-])cc2)n1. The van der Waals surface area contributed by atoms with E-state index in [1.807, 2.05) is 19.9 Å². The van der Waals surface area contributed by atoms with E-state index in [0.717, 1.165) is 30.0 Å². The summed E-state index contributed by atoms with van der Waals surface area (Å²) in [6, 6.07) is 8.18. The molecule has 0 saturated heterocycles. The number of hydrogen-bond donors (Lipinski definition) is 1. The van der Waals surface area contributed by atoms with Crippen molar-refractivity contribution in [3.8, 4) is 11.4 Å². The lowest BCUT2D eigenvalue weighted by atomic mass is 10.2. The maximum Gasteiger partial charge on any atom is 0.269 e. The molecule has 1 heterocycles. The molecule has 2 rings (SSSR count). The van der Waals surface area contributed by atoms with E-state index in [9.17, 15) is 10.1 Å². The van der Waals surface area contributed by atoms with Crippen LogP contribution in [0.15, 0.2) is 30.3 Å². The van der Waals surface area contributed by atoms with Crippen LogP contribution in [0.25, 0.3) is 11.4 Å². The molecule has 1 aromatic heterocycles. The minimum atomic E-state index is -0.419. The smallest absolute Gasteiger partial charge is 0.269 e. The van der Waals surface area contributed by atoms with Gasteiger partial charge in [-0.25, -0.2) is 9.97 Å². The molecule has 1 N–H and O–H groups in total. The van der Waals surface area contributed by atoms with E-state index in [0.29, 0.717) is 5.82 Å². The first-order valence-corrected chi connectivity index (χ1v) is 6.50. The third-order valence-electron chi connectivity index (χ3n) is 2.84. The minimum Gasteiger partial charge on any atom is -0.370 e. The lowest BCUT2D eigenvalue weighted by molar-refractivity contribution is -0.384. The van der Waals surface area contributed by atoms with Gasteiger partial charge in [0.25, 0.3) is 5.69 Å². The third-order valence-corrected chi connectivity index (χ3v) is 2.84. The summed E-state index contributed by atoms with van der Waals surface area (Å²) >= 11 is 0. The summed E-state index contributed by atoms with van der Waals surface area (Å²) in [5.41, 5.74) is 1.77. The first-order valence-electron chi connectivity index (χ1n) is 6.50. The first kappa shape index (κ1) is 13.9. The second kappa shape index (κ2) is 6.10. The highest BCUT2D eigenvalue weighted by atomic mass is 16.6. The Balaban J connectivity index is 2.40. The molecule has 104 valence electrons. The predicted molar refractivity (Wildman–Crippen MR) is 77.7 cm³/mol. The number of anilines is 1. The van der Waals surface area contributed by atoms with Gasteiger partial charge in [0.1, 0.15) is 5.82 Å². The van der Waals surface area contributed by atoms with Crippen molar-refractivity contribution in [2.75, 3.05) is 11.9 Å². The summed E-state index contributed by atoms with van der Waals surface area (Å²) in [5.74, 6) is 1.35. The fourth-order valence-electron chi connectivity index (χ4n) is 1.81. The average Bonchev–Trinajstić information content (AvgIpc) is 2.47. The molecule has 0 aliphatic rings. The van der Waals surface area contributed by atoms with Crippen molar-refractivity contribution >= 4 is 11.5 Å². The molecule has 0 radical (unpaired) electrons. The molecule has 2 aromatic rings. The number of non-ortho nitro benzene ring substituents is 1. The number of rotatable bonds is 5. The van der Waals surface area contributed by atoms with Crippen molar-refractivity contribution in [1.29, 1.82) is 0 Å². The van der Waals surface area contributed by atoms with Crippen molar-refractivity contribution in [3.63, 3.8) is 0 Å². The Morgan fingerprint density at radius 2 is 1.90 bits per heavy atom. The number of hydrogen-bond acceptors (Lipinski definition) is 5. The highest BCUT2D eigenvalue weighted by Gasteiger charge is 2.09. The van der Waals surface area contributed by atoms with Gasteiger partial charge in [-0.3, -0.25) is 10.1 Å². The van der Waals surface area contributed by atoms with E-state index in [4.69, 9.17) is 0 Å². The molecule has 0 aliphatic carbocycles. The van der Waals surface area contributed by atoms with Gasteiger partial charge < -0.3 is 5.32 Å². The summed E-state index contributed by atoms with van der Waals surface area (Å²) in [7, 11) is 0. The largest absolute Gasteiger partial charge is 0.370 e. The molecule has 0 bridgehead atoms. The Labute approximate surface area is 117 Å². The summed E-state index contributed by atoms with van der Waals surface area (Å²) in [5, 5.41) is 13.8. The Bertz CT molecular complexity index is 611. The molecule has 0 spiro atoms. The molecular formula is C14H16N4O2. The second-order valence-electron chi connectivity index (χ2n) is 4.26. The Morgan fingerprint density at radius 1 is 1.20 bits per heavy atom. The molecule has 20 heavy (non-hydrogen) atoms. The van der Waals surface area contributed by atoms with E-state index in [1.54, 1.807) is 12.1 Å². The lowest BCUT2D eigenvalue weighted by Crippen LogP contribution is -2.03. The number of nitrogens with zero attached hydrogens (tertiary/aromatic N) is 3. The van der Waals surface area contributed by atoms with E-state index in [2.05, 4.69) is 15.3 Å². The quantitative estimate of drug-likeness (QED) is 0.668. The van der Waals surface area contributed by atoms with Crippen LogP contribution in [0, 0.1) is 10.1 Å². The highest BCUT2D eigenvalue weighted by molar-refractivity contribution is 5.59. The topological polar surface area (TPSA) is 81.0 Å². The lowest BCUT2D eigenvalue weighted by Gasteiger charge is -2.08. The van der Waals surface area contributed by atoms with Gasteiger partial charge in [0.2, 0.25) is 0 Å². The van der Waals surface area contributed by atoms with Gasteiger partial charge >= 0.3 is 0 Å². The normalized spacial score (nSPS) is 10.3. The van der Waals surface area contributed by atoms with Crippen LogP contribution in [0.1, 0.15) is 19.5 Å². The van der Waals surface area contributed by atoms with Crippen LogP contribution in [-0.2, 0) is 6.42 Å². The monoisotopic (exact) mass is 272 g/mol. The van der Waals surface area contributed by atoms with Crippen LogP contribution in [-0.4, -0.2) is 21.4 Å². The predicted octanol–water partition coefficient (Wildman–Crippen LogP) is 3.05. The Hall–Kier alpha value is -2.50.